The minimum absolute atomic E-state index is 0.0250. The molecule has 0 atom stereocenters. The third-order valence-electron chi connectivity index (χ3n) is 2.29. The average Bonchev–Trinajstić information content (AvgIpc) is 2.73. The summed E-state index contributed by atoms with van der Waals surface area (Å²) in [6.07, 6.45) is 0. The second-order valence-electron chi connectivity index (χ2n) is 3.75. The minimum atomic E-state index is -0.0877. The summed E-state index contributed by atoms with van der Waals surface area (Å²) in [6.45, 7) is 6.76. The molecule has 0 radical (unpaired) electrons. The van der Waals surface area contributed by atoms with E-state index in [4.69, 9.17) is 5.11 Å². The normalized spacial score (nSPS) is 10.8. The Morgan fingerprint density at radius 1 is 1.56 bits per heavy atom. The summed E-state index contributed by atoms with van der Waals surface area (Å²) in [4.78, 5) is 14.3. The predicted molar refractivity (Wildman–Crippen MR) is 62.7 cm³/mol. The molecule has 1 aromatic rings. The highest BCUT2D eigenvalue weighted by atomic mass is 32.1. The van der Waals surface area contributed by atoms with Crippen molar-refractivity contribution >= 4 is 17.4 Å². The summed E-state index contributed by atoms with van der Waals surface area (Å²) in [5.41, 5.74) is 0.742. The summed E-state index contributed by atoms with van der Waals surface area (Å²) in [5.74, 6) is 0.0979. The topological polar surface area (TPSA) is 66.3 Å². The van der Waals surface area contributed by atoms with Crippen molar-refractivity contribution in [2.45, 2.75) is 26.7 Å². The molecule has 1 aromatic heterocycles. The number of nitrogens with zero attached hydrogens (tertiary/aromatic N) is 3. The molecule has 6 heteroatoms. The molecule has 0 spiro atoms. The Morgan fingerprint density at radius 3 is 2.75 bits per heavy atom. The second-order valence-corrected chi connectivity index (χ2v) is 4.50. The summed E-state index contributed by atoms with van der Waals surface area (Å²) in [6, 6.07) is 0. The van der Waals surface area contributed by atoms with Gasteiger partial charge in [0.25, 0.3) is 5.91 Å². The number of aliphatic hydroxyl groups excluding tert-OH is 1. The Morgan fingerprint density at radius 2 is 2.25 bits per heavy atom. The predicted octanol–water partition coefficient (Wildman–Crippen LogP) is 1.12. The van der Waals surface area contributed by atoms with E-state index in [9.17, 15) is 4.79 Å². The maximum absolute atomic E-state index is 12.1. The first-order valence-electron chi connectivity index (χ1n) is 5.34. The van der Waals surface area contributed by atoms with Crippen LogP contribution in [0.15, 0.2) is 0 Å². The number of amides is 1. The maximum Gasteiger partial charge on any atom is 0.267 e. The van der Waals surface area contributed by atoms with E-state index in [1.807, 2.05) is 20.8 Å². The third-order valence-corrected chi connectivity index (χ3v) is 3.02. The van der Waals surface area contributed by atoms with Crippen molar-refractivity contribution in [3.63, 3.8) is 0 Å². The molecular formula is C10H17N3O2S. The molecular weight excluding hydrogens is 226 g/mol. The fourth-order valence-corrected chi connectivity index (χ4v) is 2.18. The van der Waals surface area contributed by atoms with Gasteiger partial charge in [-0.1, -0.05) is 18.3 Å². The van der Waals surface area contributed by atoms with E-state index in [2.05, 4.69) is 9.59 Å². The SMILES string of the molecule is CCN(CCO)C(=O)c1snnc1C(C)C. The zero-order valence-electron chi connectivity index (χ0n) is 9.80. The van der Waals surface area contributed by atoms with Gasteiger partial charge in [-0.25, -0.2) is 0 Å². The highest BCUT2D eigenvalue weighted by Crippen LogP contribution is 2.21. The highest BCUT2D eigenvalue weighted by Gasteiger charge is 2.22. The molecule has 16 heavy (non-hydrogen) atoms. The van der Waals surface area contributed by atoms with Gasteiger partial charge in [0.1, 0.15) is 4.88 Å². The van der Waals surface area contributed by atoms with Crippen LogP contribution < -0.4 is 0 Å². The zero-order valence-corrected chi connectivity index (χ0v) is 10.6. The summed E-state index contributed by atoms with van der Waals surface area (Å²) in [5, 5.41) is 12.8. The van der Waals surface area contributed by atoms with Crippen LogP contribution >= 0.6 is 11.5 Å². The van der Waals surface area contributed by atoms with E-state index in [0.717, 1.165) is 17.2 Å². The van der Waals surface area contributed by atoms with Gasteiger partial charge >= 0.3 is 0 Å². The van der Waals surface area contributed by atoms with Crippen molar-refractivity contribution in [3.8, 4) is 0 Å². The molecule has 90 valence electrons. The number of carbonyl (C=O) groups excluding carboxylic acids is 1. The van der Waals surface area contributed by atoms with Gasteiger partial charge in [-0.3, -0.25) is 4.79 Å². The number of carbonyl (C=O) groups is 1. The molecule has 5 nitrogen and oxygen atoms in total. The van der Waals surface area contributed by atoms with Crippen LogP contribution in [0.5, 0.6) is 0 Å². The third kappa shape index (κ3) is 2.76. The van der Waals surface area contributed by atoms with Crippen molar-refractivity contribution in [2.75, 3.05) is 19.7 Å². The van der Waals surface area contributed by atoms with Crippen LogP contribution in [0.2, 0.25) is 0 Å². The molecule has 0 aliphatic carbocycles. The lowest BCUT2D eigenvalue weighted by Crippen LogP contribution is -2.33. The molecule has 0 unspecified atom stereocenters. The molecule has 0 saturated heterocycles. The van der Waals surface area contributed by atoms with E-state index in [0.29, 0.717) is 18.0 Å². The van der Waals surface area contributed by atoms with Gasteiger partial charge in [0, 0.05) is 13.1 Å². The van der Waals surface area contributed by atoms with Gasteiger partial charge in [0.15, 0.2) is 0 Å². The molecule has 0 aliphatic rings. The number of hydrogen-bond acceptors (Lipinski definition) is 5. The van der Waals surface area contributed by atoms with Gasteiger partial charge < -0.3 is 10.0 Å². The smallest absolute Gasteiger partial charge is 0.267 e. The van der Waals surface area contributed by atoms with Crippen molar-refractivity contribution < 1.29 is 9.90 Å². The molecule has 0 aliphatic heterocycles. The largest absolute Gasteiger partial charge is 0.395 e. The zero-order chi connectivity index (χ0) is 12.1. The van der Waals surface area contributed by atoms with Gasteiger partial charge in [-0.05, 0) is 24.4 Å². The van der Waals surface area contributed by atoms with E-state index >= 15 is 0 Å². The fraction of sp³-hybridized carbons (Fsp3) is 0.700. The molecule has 1 heterocycles. The summed E-state index contributed by atoms with van der Waals surface area (Å²) >= 11 is 1.12. The van der Waals surface area contributed by atoms with Crippen molar-refractivity contribution in [3.05, 3.63) is 10.6 Å². The lowest BCUT2D eigenvalue weighted by Gasteiger charge is -2.19. The average molecular weight is 243 g/mol. The van der Waals surface area contributed by atoms with Gasteiger partial charge in [-0.2, -0.15) is 0 Å². The summed E-state index contributed by atoms with van der Waals surface area (Å²) < 4.78 is 3.82. The van der Waals surface area contributed by atoms with E-state index < -0.39 is 0 Å². The lowest BCUT2D eigenvalue weighted by atomic mass is 10.1. The van der Waals surface area contributed by atoms with Gasteiger partial charge in [0.05, 0.1) is 12.3 Å². The van der Waals surface area contributed by atoms with Crippen LogP contribution in [0.25, 0.3) is 0 Å². The molecule has 0 fully saturated rings. The number of rotatable bonds is 5. The van der Waals surface area contributed by atoms with Crippen LogP contribution in [0.4, 0.5) is 0 Å². The van der Waals surface area contributed by atoms with Crippen LogP contribution in [0, 0.1) is 0 Å². The van der Waals surface area contributed by atoms with Crippen LogP contribution in [0.3, 0.4) is 0 Å². The molecule has 1 rings (SSSR count). The Labute approximate surface area is 99.3 Å². The number of aliphatic hydroxyl groups is 1. The number of likely N-dealkylation sites (N-methyl/N-ethyl adjacent to an activating group) is 1. The standard InChI is InChI=1S/C10H17N3O2S/c1-4-13(5-6-14)10(15)9-8(7(2)3)11-12-16-9/h7,14H,4-6H2,1-3H3. The number of aromatic nitrogens is 2. The first kappa shape index (κ1) is 13.1. The van der Waals surface area contributed by atoms with Crippen LogP contribution in [-0.2, 0) is 0 Å². The van der Waals surface area contributed by atoms with E-state index in [-0.39, 0.29) is 18.4 Å². The quantitative estimate of drug-likeness (QED) is 0.841. The Bertz CT molecular complexity index is 352. The molecule has 1 amide bonds. The monoisotopic (exact) mass is 243 g/mol. The second kappa shape index (κ2) is 5.91. The first-order chi connectivity index (χ1) is 7.61. The van der Waals surface area contributed by atoms with Crippen molar-refractivity contribution in [2.24, 2.45) is 0 Å². The van der Waals surface area contributed by atoms with Crippen molar-refractivity contribution in [1.29, 1.82) is 0 Å². The van der Waals surface area contributed by atoms with E-state index in [1.54, 1.807) is 4.90 Å². The Kier molecular flexibility index (Phi) is 4.82. The molecule has 1 N–H and O–H groups in total. The highest BCUT2D eigenvalue weighted by molar-refractivity contribution is 7.08. The lowest BCUT2D eigenvalue weighted by molar-refractivity contribution is 0.0735. The Hall–Kier alpha value is -1.01. The van der Waals surface area contributed by atoms with Crippen LogP contribution in [-0.4, -0.2) is 45.2 Å². The first-order valence-corrected chi connectivity index (χ1v) is 6.11. The molecule has 0 bridgehead atoms. The summed E-state index contributed by atoms with van der Waals surface area (Å²) in [7, 11) is 0. The van der Waals surface area contributed by atoms with Gasteiger partial charge in [0.2, 0.25) is 0 Å². The van der Waals surface area contributed by atoms with Crippen molar-refractivity contribution in [1.82, 2.24) is 14.5 Å². The molecule has 0 saturated carbocycles. The van der Waals surface area contributed by atoms with Gasteiger partial charge in [-0.15, -0.1) is 5.10 Å². The molecule has 0 aromatic carbocycles. The number of hydrogen-bond donors (Lipinski definition) is 1. The van der Waals surface area contributed by atoms with E-state index in [1.165, 1.54) is 0 Å². The minimum Gasteiger partial charge on any atom is -0.395 e. The maximum atomic E-state index is 12.1. The van der Waals surface area contributed by atoms with Crippen LogP contribution in [0.1, 0.15) is 42.1 Å². The Balaban J connectivity index is 2.90. The fourth-order valence-electron chi connectivity index (χ4n) is 1.39.